The van der Waals surface area contributed by atoms with Gasteiger partial charge in [-0.25, -0.2) is 0 Å². The lowest BCUT2D eigenvalue weighted by Crippen LogP contribution is -2.26. The van der Waals surface area contributed by atoms with Crippen LogP contribution in [0.3, 0.4) is 0 Å². The first-order valence-corrected chi connectivity index (χ1v) is 7.14. The van der Waals surface area contributed by atoms with E-state index in [-0.39, 0.29) is 5.91 Å². The van der Waals surface area contributed by atoms with Crippen LogP contribution in [-0.2, 0) is 6.54 Å². The summed E-state index contributed by atoms with van der Waals surface area (Å²) >= 11 is 5.04. The second-order valence-electron chi connectivity index (χ2n) is 4.11. The highest BCUT2D eigenvalue weighted by Gasteiger charge is 2.12. The number of halogens is 1. The molecule has 0 atom stereocenters. The van der Waals surface area contributed by atoms with Crippen molar-refractivity contribution in [2.75, 3.05) is 7.05 Å². The van der Waals surface area contributed by atoms with Crippen molar-refractivity contribution < 1.29 is 4.79 Å². The minimum atomic E-state index is -0.00942. The Morgan fingerprint density at radius 2 is 2.28 bits per heavy atom. The largest absolute Gasteiger partial charge is 0.337 e. The van der Waals surface area contributed by atoms with Crippen LogP contribution in [0, 0.1) is 6.92 Å². The quantitative estimate of drug-likeness (QED) is 0.865. The summed E-state index contributed by atoms with van der Waals surface area (Å²) in [5, 5.41) is 2.04. The van der Waals surface area contributed by atoms with Gasteiger partial charge in [0.15, 0.2) is 0 Å². The standard InChI is InChI=1S/C13H13BrN2OS/c1-9-3-4-11(6-15-9)13(17)16(2)7-10-5-12(14)18-8-10/h3-6,8H,7H2,1-2H3. The normalized spacial score (nSPS) is 10.4. The lowest BCUT2D eigenvalue weighted by atomic mass is 10.2. The van der Waals surface area contributed by atoms with Gasteiger partial charge in [-0.3, -0.25) is 9.78 Å². The zero-order valence-corrected chi connectivity index (χ0v) is 12.6. The lowest BCUT2D eigenvalue weighted by Gasteiger charge is -2.16. The van der Waals surface area contributed by atoms with Crippen molar-refractivity contribution in [3.05, 3.63) is 50.4 Å². The highest BCUT2D eigenvalue weighted by atomic mass is 79.9. The van der Waals surface area contributed by atoms with E-state index < -0.39 is 0 Å². The number of nitrogens with zero attached hydrogens (tertiary/aromatic N) is 2. The first-order valence-electron chi connectivity index (χ1n) is 5.47. The van der Waals surface area contributed by atoms with Gasteiger partial charge in [0.1, 0.15) is 0 Å². The number of hydrogen-bond donors (Lipinski definition) is 0. The zero-order chi connectivity index (χ0) is 13.1. The summed E-state index contributed by atoms with van der Waals surface area (Å²) in [5.74, 6) is -0.00942. The average Bonchev–Trinajstić information content (AvgIpc) is 2.75. The Morgan fingerprint density at radius 3 is 2.83 bits per heavy atom. The summed E-state index contributed by atoms with van der Waals surface area (Å²) in [7, 11) is 1.80. The molecule has 0 bridgehead atoms. The van der Waals surface area contributed by atoms with Crippen molar-refractivity contribution in [3.63, 3.8) is 0 Å². The number of amides is 1. The molecule has 2 rings (SSSR count). The maximum Gasteiger partial charge on any atom is 0.255 e. The van der Waals surface area contributed by atoms with Gasteiger partial charge in [0.2, 0.25) is 0 Å². The summed E-state index contributed by atoms with van der Waals surface area (Å²) in [6, 6.07) is 5.69. The van der Waals surface area contributed by atoms with Crippen LogP contribution in [-0.4, -0.2) is 22.8 Å². The molecule has 18 heavy (non-hydrogen) atoms. The Labute approximate surface area is 119 Å². The first-order chi connectivity index (χ1) is 8.56. The molecule has 0 saturated heterocycles. The second kappa shape index (κ2) is 5.63. The van der Waals surface area contributed by atoms with Crippen molar-refractivity contribution >= 4 is 33.2 Å². The van der Waals surface area contributed by atoms with Crippen LogP contribution in [0.5, 0.6) is 0 Å². The molecule has 0 aromatic carbocycles. The SMILES string of the molecule is Cc1ccc(C(=O)N(C)Cc2csc(Br)c2)cn1. The molecule has 0 fully saturated rings. The third kappa shape index (κ3) is 3.17. The van der Waals surface area contributed by atoms with Gasteiger partial charge in [0.25, 0.3) is 5.91 Å². The van der Waals surface area contributed by atoms with Gasteiger partial charge in [0, 0.05) is 25.5 Å². The molecule has 2 aromatic rings. The molecule has 0 aliphatic carbocycles. The molecule has 0 spiro atoms. The number of aromatic nitrogens is 1. The van der Waals surface area contributed by atoms with E-state index in [1.807, 2.05) is 30.5 Å². The minimum Gasteiger partial charge on any atom is -0.337 e. The fourth-order valence-corrected chi connectivity index (χ4v) is 2.79. The van der Waals surface area contributed by atoms with Crippen LogP contribution in [0.1, 0.15) is 21.6 Å². The Balaban J connectivity index is 2.07. The number of carbonyl (C=O) groups excluding carboxylic acids is 1. The van der Waals surface area contributed by atoms with Gasteiger partial charge in [-0.15, -0.1) is 11.3 Å². The van der Waals surface area contributed by atoms with E-state index in [9.17, 15) is 4.79 Å². The number of thiophene rings is 1. The molecule has 94 valence electrons. The number of aryl methyl sites for hydroxylation is 1. The Bertz CT molecular complexity index is 550. The summed E-state index contributed by atoms with van der Waals surface area (Å²) < 4.78 is 1.08. The average molecular weight is 325 g/mol. The van der Waals surface area contributed by atoms with Crippen molar-refractivity contribution in [2.45, 2.75) is 13.5 Å². The van der Waals surface area contributed by atoms with Crippen molar-refractivity contribution in [2.24, 2.45) is 0 Å². The van der Waals surface area contributed by atoms with Crippen LogP contribution >= 0.6 is 27.3 Å². The van der Waals surface area contributed by atoms with Crippen LogP contribution in [0.25, 0.3) is 0 Å². The predicted molar refractivity (Wildman–Crippen MR) is 76.8 cm³/mol. The van der Waals surface area contributed by atoms with Crippen molar-refractivity contribution in [1.82, 2.24) is 9.88 Å². The van der Waals surface area contributed by atoms with E-state index >= 15 is 0 Å². The number of pyridine rings is 1. The van der Waals surface area contributed by atoms with E-state index in [4.69, 9.17) is 0 Å². The van der Waals surface area contributed by atoms with E-state index in [1.165, 1.54) is 0 Å². The van der Waals surface area contributed by atoms with Crippen LogP contribution in [0.15, 0.2) is 33.6 Å². The highest BCUT2D eigenvalue weighted by molar-refractivity contribution is 9.11. The Morgan fingerprint density at radius 1 is 1.50 bits per heavy atom. The van der Waals surface area contributed by atoms with Crippen molar-refractivity contribution in [1.29, 1.82) is 0 Å². The van der Waals surface area contributed by atoms with E-state index in [0.29, 0.717) is 12.1 Å². The molecule has 0 unspecified atom stereocenters. The summed E-state index contributed by atoms with van der Waals surface area (Å²) in [6.45, 7) is 2.51. The summed E-state index contributed by atoms with van der Waals surface area (Å²) in [5.41, 5.74) is 2.66. The zero-order valence-electron chi connectivity index (χ0n) is 10.2. The molecule has 3 nitrogen and oxygen atoms in total. The fraction of sp³-hybridized carbons (Fsp3) is 0.231. The number of hydrogen-bond acceptors (Lipinski definition) is 3. The maximum absolute atomic E-state index is 12.1. The second-order valence-corrected chi connectivity index (χ2v) is 6.40. The van der Waals surface area contributed by atoms with E-state index in [0.717, 1.165) is 15.0 Å². The molecule has 2 aromatic heterocycles. The molecule has 0 N–H and O–H groups in total. The topological polar surface area (TPSA) is 33.2 Å². The molecule has 5 heteroatoms. The first kappa shape index (κ1) is 13.2. The maximum atomic E-state index is 12.1. The third-order valence-electron chi connectivity index (χ3n) is 2.55. The monoisotopic (exact) mass is 324 g/mol. The lowest BCUT2D eigenvalue weighted by molar-refractivity contribution is 0.0785. The Hall–Kier alpha value is -1.20. The van der Waals surface area contributed by atoms with Gasteiger partial charge in [-0.1, -0.05) is 0 Å². The molecule has 0 radical (unpaired) electrons. The summed E-state index contributed by atoms with van der Waals surface area (Å²) in [6.07, 6.45) is 1.62. The molecular weight excluding hydrogens is 312 g/mol. The molecular formula is C13H13BrN2OS. The number of rotatable bonds is 3. The van der Waals surface area contributed by atoms with Crippen LogP contribution in [0.2, 0.25) is 0 Å². The summed E-state index contributed by atoms with van der Waals surface area (Å²) in [4.78, 5) is 18.0. The van der Waals surface area contributed by atoms with E-state index in [2.05, 4.69) is 20.9 Å². The molecule has 1 amide bonds. The molecule has 0 aliphatic heterocycles. The van der Waals surface area contributed by atoms with Gasteiger partial charge in [0.05, 0.1) is 9.35 Å². The predicted octanol–water partition coefficient (Wildman–Crippen LogP) is 3.49. The molecule has 2 heterocycles. The molecule has 0 saturated carbocycles. The smallest absolute Gasteiger partial charge is 0.255 e. The van der Waals surface area contributed by atoms with Gasteiger partial charge in [-0.05, 0) is 52.0 Å². The fourth-order valence-electron chi connectivity index (χ4n) is 1.59. The van der Waals surface area contributed by atoms with Crippen LogP contribution < -0.4 is 0 Å². The highest BCUT2D eigenvalue weighted by Crippen LogP contribution is 2.21. The third-order valence-corrected chi connectivity index (χ3v) is 4.10. The van der Waals surface area contributed by atoms with Crippen molar-refractivity contribution in [3.8, 4) is 0 Å². The number of carbonyl (C=O) groups is 1. The van der Waals surface area contributed by atoms with Crippen LogP contribution in [0.4, 0.5) is 0 Å². The van der Waals surface area contributed by atoms with Gasteiger partial charge in [-0.2, -0.15) is 0 Å². The minimum absolute atomic E-state index is 0.00942. The Kier molecular flexibility index (Phi) is 4.14. The van der Waals surface area contributed by atoms with Gasteiger partial charge < -0.3 is 4.90 Å². The van der Waals surface area contributed by atoms with Gasteiger partial charge >= 0.3 is 0 Å². The van der Waals surface area contributed by atoms with E-state index in [1.54, 1.807) is 29.5 Å². The molecule has 0 aliphatic rings.